The van der Waals surface area contributed by atoms with Gasteiger partial charge in [0.05, 0.1) is 26.5 Å². The highest BCUT2D eigenvalue weighted by molar-refractivity contribution is 5.68. The van der Waals surface area contributed by atoms with Crippen LogP contribution in [0.25, 0.3) is 11.3 Å². The Morgan fingerprint density at radius 2 is 1.75 bits per heavy atom. The normalized spacial score (nSPS) is 10.4. The summed E-state index contributed by atoms with van der Waals surface area (Å²) in [6, 6.07) is 18.5. The molecule has 0 aliphatic rings. The number of aromatic nitrogens is 2. The average molecular weight is 322 g/mol. The number of nitrogens with zero attached hydrogens (tertiary/aromatic N) is 2. The Morgan fingerprint density at radius 3 is 2.46 bits per heavy atom. The van der Waals surface area contributed by atoms with Gasteiger partial charge in [-0.2, -0.15) is 5.10 Å². The molecule has 0 atom stereocenters. The molecule has 0 N–H and O–H groups in total. The molecule has 1 heterocycles. The standard InChI is InChI=1S/C19H18N2O3/c1-23-15-8-9-16(18(12-15)24-2)17-10-11-19(22)21(20-17)13-14-6-4-3-5-7-14/h3-12H,13H2,1-2H3. The van der Waals surface area contributed by atoms with Gasteiger partial charge in [0, 0.05) is 17.7 Å². The molecule has 0 amide bonds. The van der Waals surface area contributed by atoms with E-state index in [-0.39, 0.29) is 5.56 Å². The molecule has 0 unspecified atom stereocenters. The van der Waals surface area contributed by atoms with E-state index >= 15 is 0 Å². The zero-order valence-corrected chi connectivity index (χ0v) is 13.6. The summed E-state index contributed by atoms with van der Waals surface area (Å²) in [5.41, 5.74) is 2.35. The minimum absolute atomic E-state index is 0.143. The lowest BCUT2D eigenvalue weighted by molar-refractivity contribution is 0.395. The summed E-state index contributed by atoms with van der Waals surface area (Å²) in [7, 11) is 3.20. The highest BCUT2D eigenvalue weighted by Gasteiger charge is 2.10. The Morgan fingerprint density at radius 1 is 0.958 bits per heavy atom. The topological polar surface area (TPSA) is 53.4 Å². The monoisotopic (exact) mass is 322 g/mol. The minimum atomic E-state index is -0.143. The molecule has 1 aromatic heterocycles. The molecule has 0 radical (unpaired) electrons. The third-order valence-electron chi connectivity index (χ3n) is 3.73. The van der Waals surface area contributed by atoms with Crippen molar-refractivity contribution in [3.05, 3.63) is 76.6 Å². The van der Waals surface area contributed by atoms with Crippen LogP contribution in [0.5, 0.6) is 11.5 Å². The van der Waals surface area contributed by atoms with Crippen LogP contribution in [0, 0.1) is 0 Å². The van der Waals surface area contributed by atoms with Gasteiger partial charge >= 0.3 is 0 Å². The fourth-order valence-electron chi connectivity index (χ4n) is 2.47. The minimum Gasteiger partial charge on any atom is -0.497 e. The smallest absolute Gasteiger partial charge is 0.267 e. The van der Waals surface area contributed by atoms with E-state index in [1.165, 1.54) is 10.7 Å². The lowest BCUT2D eigenvalue weighted by Gasteiger charge is -2.11. The van der Waals surface area contributed by atoms with E-state index in [4.69, 9.17) is 9.47 Å². The van der Waals surface area contributed by atoms with Gasteiger partial charge in [0.1, 0.15) is 11.5 Å². The molecular formula is C19H18N2O3. The Kier molecular flexibility index (Phi) is 4.61. The first kappa shape index (κ1) is 15.8. The molecule has 5 nitrogen and oxygen atoms in total. The van der Waals surface area contributed by atoms with E-state index in [0.717, 1.165) is 11.1 Å². The molecule has 0 saturated carbocycles. The summed E-state index contributed by atoms with van der Waals surface area (Å²) in [5, 5.41) is 4.49. The number of hydrogen-bond acceptors (Lipinski definition) is 4. The Bertz CT molecular complexity index is 889. The molecule has 0 saturated heterocycles. The molecule has 0 bridgehead atoms. The van der Waals surface area contributed by atoms with Crippen LogP contribution < -0.4 is 15.0 Å². The van der Waals surface area contributed by atoms with Crippen LogP contribution in [0.2, 0.25) is 0 Å². The molecule has 0 spiro atoms. The van der Waals surface area contributed by atoms with Gasteiger partial charge in [-0.1, -0.05) is 30.3 Å². The van der Waals surface area contributed by atoms with Crippen molar-refractivity contribution in [1.29, 1.82) is 0 Å². The lowest BCUT2D eigenvalue weighted by Crippen LogP contribution is -2.22. The fraction of sp³-hybridized carbons (Fsp3) is 0.158. The van der Waals surface area contributed by atoms with Crippen LogP contribution in [0.4, 0.5) is 0 Å². The molecule has 2 aromatic carbocycles. The molecule has 0 aliphatic heterocycles. The highest BCUT2D eigenvalue weighted by atomic mass is 16.5. The molecule has 0 fully saturated rings. The second kappa shape index (κ2) is 7.00. The van der Waals surface area contributed by atoms with E-state index in [9.17, 15) is 4.79 Å². The molecular weight excluding hydrogens is 304 g/mol. The Balaban J connectivity index is 2.01. The SMILES string of the molecule is COc1ccc(-c2ccc(=O)n(Cc3ccccc3)n2)c(OC)c1. The molecule has 122 valence electrons. The summed E-state index contributed by atoms with van der Waals surface area (Å²) >= 11 is 0. The van der Waals surface area contributed by atoms with Crippen molar-refractivity contribution in [2.75, 3.05) is 14.2 Å². The van der Waals surface area contributed by atoms with Crippen LogP contribution in [-0.2, 0) is 6.54 Å². The summed E-state index contributed by atoms with van der Waals surface area (Å²) in [5.74, 6) is 1.35. The summed E-state index contributed by atoms with van der Waals surface area (Å²) < 4.78 is 12.1. The van der Waals surface area contributed by atoms with Crippen molar-refractivity contribution >= 4 is 0 Å². The number of rotatable bonds is 5. The maximum absolute atomic E-state index is 12.1. The quantitative estimate of drug-likeness (QED) is 0.725. The van der Waals surface area contributed by atoms with E-state index in [1.807, 2.05) is 42.5 Å². The maximum Gasteiger partial charge on any atom is 0.267 e. The van der Waals surface area contributed by atoms with Crippen LogP contribution in [0.1, 0.15) is 5.56 Å². The summed E-state index contributed by atoms with van der Waals surface area (Å²) in [6.07, 6.45) is 0. The largest absolute Gasteiger partial charge is 0.497 e. The zero-order chi connectivity index (χ0) is 16.9. The summed E-state index contributed by atoms with van der Waals surface area (Å²) in [6.45, 7) is 0.423. The van der Waals surface area contributed by atoms with Crippen molar-refractivity contribution < 1.29 is 9.47 Å². The highest BCUT2D eigenvalue weighted by Crippen LogP contribution is 2.31. The van der Waals surface area contributed by atoms with Gasteiger partial charge in [0.15, 0.2) is 0 Å². The molecule has 3 aromatic rings. The van der Waals surface area contributed by atoms with Crippen molar-refractivity contribution in [2.45, 2.75) is 6.54 Å². The van der Waals surface area contributed by atoms with Gasteiger partial charge in [-0.25, -0.2) is 4.68 Å². The number of methoxy groups -OCH3 is 2. The fourth-order valence-corrected chi connectivity index (χ4v) is 2.47. The Hall–Kier alpha value is -3.08. The van der Waals surface area contributed by atoms with Crippen LogP contribution in [0.15, 0.2) is 65.5 Å². The first-order valence-corrected chi connectivity index (χ1v) is 7.56. The van der Waals surface area contributed by atoms with Gasteiger partial charge in [-0.3, -0.25) is 4.79 Å². The average Bonchev–Trinajstić information content (AvgIpc) is 2.64. The van der Waals surface area contributed by atoms with Crippen molar-refractivity contribution in [3.63, 3.8) is 0 Å². The predicted octanol–water partition coefficient (Wildman–Crippen LogP) is 2.98. The van der Waals surface area contributed by atoms with E-state index in [2.05, 4.69) is 5.10 Å². The summed E-state index contributed by atoms with van der Waals surface area (Å²) in [4.78, 5) is 12.1. The number of benzene rings is 2. The van der Waals surface area contributed by atoms with E-state index in [1.54, 1.807) is 26.4 Å². The van der Waals surface area contributed by atoms with Gasteiger partial charge in [0.25, 0.3) is 5.56 Å². The second-order valence-electron chi connectivity index (χ2n) is 5.27. The van der Waals surface area contributed by atoms with Crippen molar-refractivity contribution in [3.8, 4) is 22.8 Å². The van der Waals surface area contributed by atoms with Crippen molar-refractivity contribution in [2.24, 2.45) is 0 Å². The van der Waals surface area contributed by atoms with Crippen LogP contribution >= 0.6 is 0 Å². The molecule has 0 aliphatic carbocycles. The first-order chi connectivity index (χ1) is 11.7. The third-order valence-corrected chi connectivity index (χ3v) is 3.73. The van der Waals surface area contributed by atoms with Crippen LogP contribution in [-0.4, -0.2) is 24.0 Å². The van der Waals surface area contributed by atoms with Crippen LogP contribution in [0.3, 0.4) is 0 Å². The second-order valence-corrected chi connectivity index (χ2v) is 5.27. The Labute approximate surface area is 140 Å². The van der Waals surface area contributed by atoms with E-state index in [0.29, 0.717) is 23.7 Å². The van der Waals surface area contributed by atoms with E-state index < -0.39 is 0 Å². The number of hydrogen-bond donors (Lipinski definition) is 0. The van der Waals surface area contributed by atoms with Gasteiger partial charge < -0.3 is 9.47 Å². The molecule has 3 rings (SSSR count). The molecule has 24 heavy (non-hydrogen) atoms. The van der Waals surface area contributed by atoms with Gasteiger partial charge in [-0.15, -0.1) is 0 Å². The van der Waals surface area contributed by atoms with Crippen molar-refractivity contribution in [1.82, 2.24) is 9.78 Å². The maximum atomic E-state index is 12.1. The predicted molar refractivity (Wildman–Crippen MR) is 92.6 cm³/mol. The molecule has 5 heteroatoms. The lowest BCUT2D eigenvalue weighted by atomic mass is 10.1. The van der Waals surface area contributed by atoms with Gasteiger partial charge in [-0.05, 0) is 23.8 Å². The zero-order valence-electron chi connectivity index (χ0n) is 13.6. The first-order valence-electron chi connectivity index (χ1n) is 7.56. The third kappa shape index (κ3) is 3.30. The van der Waals surface area contributed by atoms with Gasteiger partial charge in [0.2, 0.25) is 0 Å². The number of ether oxygens (including phenoxy) is 2.